The summed E-state index contributed by atoms with van der Waals surface area (Å²) in [5.74, 6) is -1.14. The zero-order valence-electron chi connectivity index (χ0n) is 17.6. The minimum Gasteiger partial charge on any atom is -0.482 e. The van der Waals surface area contributed by atoms with Crippen LogP contribution in [0.25, 0.3) is 6.08 Å². The Balaban J connectivity index is 1.63. The third kappa shape index (κ3) is 6.92. The van der Waals surface area contributed by atoms with Crippen LogP contribution in [0.1, 0.15) is 11.1 Å². The van der Waals surface area contributed by atoms with E-state index >= 15 is 0 Å². The second kappa shape index (κ2) is 10.9. The Labute approximate surface area is 195 Å². The summed E-state index contributed by atoms with van der Waals surface area (Å²) in [4.78, 5) is 24.4. The first kappa shape index (κ1) is 23.5. The zero-order chi connectivity index (χ0) is 23.8. The second-order valence-corrected chi connectivity index (χ2v) is 7.43. The van der Waals surface area contributed by atoms with Gasteiger partial charge in [-0.1, -0.05) is 29.8 Å². The summed E-state index contributed by atoms with van der Waals surface area (Å²) in [6.45, 7) is 1.68. The number of nitrogens with one attached hydrogen (secondary N) is 2. The Hall–Kier alpha value is -4.15. The molecule has 0 spiro atoms. The number of amides is 2. The van der Waals surface area contributed by atoms with Gasteiger partial charge in [0.25, 0.3) is 11.8 Å². The summed E-state index contributed by atoms with van der Waals surface area (Å²) < 4.78 is 18.5. The number of nitrogens with zero attached hydrogens (tertiary/aromatic N) is 1. The van der Waals surface area contributed by atoms with Crippen LogP contribution in [-0.2, 0) is 9.59 Å². The fourth-order valence-corrected chi connectivity index (χ4v) is 3.08. The maximum absolute atomic E-state index is 13.0. The van der Waals surface area contributed by atoms with E-state index in [-0.39, 0.29) is 28.9 Å². The first-order valence-corrected chi connectivity index (χ1v) is 10.2. The van der Waals surface area contributed by atoms with Gasteiger partial charge >= 0.3 is 0 Å². The van der Waals surface area contributed by atoms with Gasteiger partial charge in [0.1, 0.15) is 23.2 Å². The number of carbonyl (C=O) groups excluding carboxylic acids is 2. The molecule has 2 amide bonds. The molecule has 166 valence electrons. The fraction of sp³-hybridized carbons (Fsp3) is 0.0800. The number of benzene rings is 3. The van der Waals surface area contributed by atoms with Crippen LogP contribution in [0.4, 0.5) is 15.8 Å². The largest absolute Gasteiger partial charge is 0.482 e. The van der Waals surface area contributed by atoms with Crippen molar-refractivity contribution >= 4 is 40.9 Å². The predicted octanol–water partition coefficient (Wildman–Crippen LogP) is 5.35. The zero-order valence-corrected chi connectivity index (χ0v) is 18.3. The highest BCUT2D eigenvalue weighted by Crippen LogP contribution is 2.26. The van der Waals surface area contributed by atoms with Gasteiger partial charge < -0.3 is 15.4 Å². The second-order valence-electron chi connectivity index (χ2n) is 7.03. The fourth-order valence-electron chi connectivity index (χ4n) is 2.83. The van der Waals surface area contributed by atoms with Crippen molar-refractivity contribution in [1.29, 1.82) is 5.26 Å². The molecule has 0 heterocycles. The molecule has 3 rings (SSSR count). The summed E-state index contributed by atoms with van der Waals surface area (Å²) in [7, 11) is 0. The van der Waals surface area contributed by atoms with Crippen LogP contribution in [-0.4, -0.2) is 18.4 Å². The van der Waals surface area contributed by atoms with Gasteiger partial charge in [-0.05, 0) is 72.7 Å². The lowest BCUT2D eigenvalue weighted by molar-refractivity contribution is -0.118. The molecule has 6 nitrogen and oxygen atoms in total. The highest BCUT2D eigenvalue weighted by atomic mass is 35.5. The summed E-state index contributed by atoms with van der Waals surface area (Å²) in [6, 6.07) is 19.0. The van der Waals surface area contributed by atoms with Crippen molar-refractivity contribution in [3.63, 3.8) is 0 Å². The van der Waals surface area contributed by atoms with Crippen molar-refractivity contribution in [3.05, 3.63) is 94.3 Å². The highest BCUT2D eigenvalue weighted by molar-refractivity contribution is 6.32. The Kier molecular flexibility index (Phi) is 7.79. The third-order valence-electron chi connectivity index (χ3n) is 4.39. The van der Waals surface area contributed by atoms with Crippen molar-refractivity contribution in [2.24, 2.45) is 0 Å². The topological polar surface area (TPSA) is 91.2 Å². The van der Waals surface area contributed by atoms with Crippen molar-refractivity contribution < 1.29 is 18.7 Å². The van der Waals surface area contributed by atoms with Crippen molar-refractivity contribution in [2.75, 3.05) is 17.2 Å². The SMILES string of the molecule is Cc1cccc(NC(=O)COc2ccc(/C=C(\C#N)C(=O)Nc3ccc(F)cc3)cc2Cl)c1. The molecule has 8 heteroatoms. The Bertz CT molecular complexity index is 1250. The van der Waals surface area contributed by atoms with Crippen molar-refractivity contribution in [2.45, 2.75) is 6.92 Å². The maximum Gasteiger partial charge on any atom is 0.266 e. The molecule has 0 saturated heterocycles. The molecule has 0 unspecified atom stereocenters. The number of carbonyl (C=O) groups is 2. The van der Waals surface area contributed by atoms with Crippen molar-refractivity contribution in [3.8, 4) is 11.8 Å². The molecule has 0 atom stereocenters. The minimum atomic E-state index is -0.645. The number of hydrogen-bond acceptors (Lipinski definition) is 4. The highest BCUT2D eigenvalue weighted by Gasteiger charge is 2.11. The lowest BCUT2D eigenvalue weighted by atomic mass is 10.1. The summed E-state index contributed by atoms with van der Waals surface area (Å²) in [5, 5.41) is 14.8. The lowest BCUT2D eigenvalue weighted by Crippen LogP contribution is -2.20. The van der Waals surface area contributed by atoms with Gasteiger partial charge in [-0.3, -0.25) is 9.59 Å². The number of halogens is 2. The van der Waals surface area contributed by atoms with E-state index in [4.69, 9.17) is 16.3 Å². The van der Waals surface area contributed by atoms with E-state index in [1.807, 2.05) is 31.2 Å². The van der Waals surface area contributed by atoms with Gasteiger partial charge in [-0.15, -0.1) is 0 Å². The third-order valence-corrected chi connectivity index (χ3v) is 4.69. The standard InChI is InChI=1S/C25H19ClFN3O3/c1-16-3-2-4-21(11-16)29-24(31)15-33-23-10-5-17(13-22(23)26)12-18(14-28)25(32)30-20-8-6-19(27)7-9-20/h2-13H,15H2,1H3,(H,29,31)(H,30,32)/b18-12+. The van der Waals surface area contributed by atoms with E-state index in [1.165, 1.54) is 36.4 Å². The molecule has 0 fully saturated rings. The van der Waals surface area contributed by atoms with Crippen LogP contribution in [0, 0.1) is 24.1 Å². The van der Waals surface area contributed by atoms with Gasteiger partial charge in [0.15, 0.2) is 6.61 Å². The normalized spacial score (nSPS) is 10.8. The van der Waals surface area contributed by atoms with Gasteiger partial charge in [-0.2, -0.15) is 5.26 Å². The minimum absolute atomic E-state index is 0.165. The van der Waals surface area contributed by atoms with E-state index in [2.05, 4.69) is 10.6 Å². The van der Waals surface area contributed by atoms with Crippen LogP contribution < -0.4 is 15.4 Å². The van der Waals surface area contributed by atoms with Gasteiger partial charge in [0.05, 0.1) is 5.02 Å². The Morgan fingerprint density at radius 1 is 1.06 bits per heavy atom. The van der Waals surface area contributed by atoms with Crippen LogP contribution in [0.3, 0.4) is 0 Å². The van der Waals surface area contributed by atoms with E-state index in [1.54, 1.807) is 18.2 Å². The number of hydrogen-bond donors (Lipinski definition) is 2. The summed E-state index contributed by atoms with van der Waals surface area (Å²) >= 11 is 6.24. The smallest absolute Gasteiger partial charge is 0.266 e. The molecule has 2 N–H and O–H groups in total. The van der Waals surface area contributed by atoms with Crippen molar-refractivity contribution in [1.82, 2.24) is 0 Å². The molecule has 0 aromatic heterocycles. The predicted molar refractivity (Wildman–Crippen MR) is 125 cm³/mol. The number of nitriles is 1. The molecule has 0 aliphatic heterocycles. The first-order chi connectivity index (χ1) is 15.8. The maximum atomic E-state index is 13.0. The number of aryl methyl sites for hydroxylation is 1. The van der Waals surface area contributed by atoms with E-state index in [0.717, 1.165) is 5.56 Å². The molecule has 0 aliphatic carbocycles. The molecule has 33 heavy (non-hydrogen) atoms. The molecule has 0 radical (unpaired) electrons. The number of anilines is 2. The summed E-state index contributed by atoms with van der Waals surface area (Å²) in [5.41, 5.74) is 2.36. The number of rotatable bonds is 7. The lowest BCUT2D eigenvalue weighted by Gasteiger charge is -2.10. The van der Waals surface area contributed by atoms with Crippen LogP contribution in [0.15, 0.2) is 72.3 Å². The van der Waals surface area contributed by atoms with Gasteiger partial charge in [-0.25, -0.2) is 4.39 Å². The van der Waals surface area contributed by atoms with E-state index in [9.17, 15) is 19.2 Å². The molecule has 3 aromatic rings. The van der Waals surface area contributed by atoms with E-state index < -0.39 is 11.7 Å². The van der Waals surface area contributed by atoms with Crippen LogP contribution >= 0.6 is 11.6 Å². The van der Waals surface area contributed by atoms with E-state index in [0.29, 0.717) is 16.9 Å². The molecule has 0 bridgehead atoms. The molecular weight excluding hydrogens is 445 g/mol. The average molecular weight is 464 g/mol. The average Bonchev–Trinajstić information content (AvgIpc) is 2.78. The molecule has 0 aliphatic rings. The number of ether oxygens (including phenoxy) is 1. The molecule has 3 aromatic carbocycles. The Morgan fingerprint density at radius 2 is 1.82 bits per heavy atom. The van der Waals surface area contributed by atoms with Gasteiger partial charge in [0, 0.05) is 11.4 Å². The Morgan fingerprint density at radius 3 is 2.48 bits per heavy atom. The first-order valence-electron chi connectivity index (χ1n) is 9.81. The van der Waals surface area contributed by atoms with Crippen LogP contribution in [0.5, 0.6) is 5.75 Å². The van der Waals surface area contributed by atoms with Crippen LogP contribution in [0.2, 0.25) is 5.02 Å². The molecule has 0 saturated carbocycles. The monoisotopic (exact) mass is 463 g/mol. The quantitative estimate of drug-likeness (QED) is 0.365. The summed E-state index contributed by atoms with van der Waals surface area (Å²) in [6.07, 6.45) is 1.36. The molecular formula is C25H19ClFN3O3. The van der Waals surface area contributed by atoms with Gasteiger partial charge in [0.2, 0.25) is 0 Å².